The number of aryl methyl sites for hydroxylation is 1. The van der Waals surface area contributed by atoms with Crippen molar-refractivity contribution in [3.8, 4) is 0 Å². The van der Waals surface area contributed by atoms with Crippen LogP contribution in [0.3, 0.4) is 0 Å². The van der Waals surface area contributed by atoms with Gasteiger partial charge in [0.25, 0.3) is 0 Å². The van der Waals surface area contributed by atoms with Crippen molar-refractivity contribution in [3.63, 3.8) is 0 Å². The quantitative estimate of drug-likeness (QED) is 0.610. The Labute approximate surface area is 84.6 Å². The molecule has 0 fully saturated rings. The Kier molecular flexibility index (Phi) is 7.23. The van der Waals surface area contributed by atoms with Crippen LogP contribution in [0.2, 0.25) is 0 Å². The summed E-state index contributed by atoms with van der Waals surface area (Å²) in [6.07, 6.45) is 0. The molecule has 0 heterocycles. The van der Waals surface area contributed by atoms with Crippen molar-refractivity contribution in [3.05, 3.63) is 35.9 Å². The van der Waals surface area contributed by atoms with Gasteiger partial charge in [-0.15, -0.1) is 0 Å². The van der Waals surface area contributed by atoms with Gasteiger partial charge in [0.2, 0.25) is 0 Å². The van der Waals surface area contributed by atoms with Crippen molar-refractivity contribution >= 4 is 14.2 Å². The molecule has 0 saturated carbocycles. The summed E-state index contributed by atoms with van der Waals surface area (Å²) in [6.45, 7) is 2.03. The maximum atomic E-state index is 9.37. The third-order valence-electron chi connectivity index (χ3n) is 1.11. The summed E-state index contributed by atoms with van der Waals surface area (Å²) in [6, 6.07) is 10.9. The number of hydrogen-bond donors (Lipinski definition) is 0. The second kappa shape index (κ2) is 8.11. The second-order valence-electron chi connectivity index (χ2n) is 2.10. The van der Waals surface area contributed by atoms with Crippen LogP contribution in [-0.4, -0.2) is 14.2 Å². The Morgan fingerprint density at radius 2 is 1.71 bits per heavy atom. The normalized spacial score (nSPS) is 6.93. The Bertz CT molecular complexity index is 438. The molecule has 1 aromatic carbocycles. The van der Waals surface area contributed by atoms with Gasteiger partial charge in [-0.25, -0.2) is 0 Å². The van der Waals surface area contributed by atoms with Crippen LogP contribution in [0.5, 0.6) is 0 Å². The van der Waals surface area contributed by atoms with Crippen LogP contribution in [0.25, 0.3) is 0 Å². The van der Waals surface area contributed by atoms with Crippen LogP contribution in [0.15, 0.2) is 24.3 Å². The van der Waals surface area contributed by atoms with E-state index in [1.165, 1.54) is 19.8 Å². The molecule has 3 nitrogen and oxygen atoms in total. The predicted molar refractivity (Wildman–Crippen MR) is 47.1 cm³/mol. The fraction of sp³-hybridized carbons (Fsp3) is 0.100. The third-order valence-corrected chi connectivity index (χ3v) is 1.90. The molecule has 0 spiro atoms. The third kappa shape index (κ3) is 6.06. The topological polar surface area (TPSA) is 51.2 Å². The molecular weight excluding hydrogens is 220 g/mol. The van der Waals surface area contributed by atoms with Crippen LogP contribution in [0, 0.1) is 13.0 Å². The maximum absolute atomic E-state index is 9.37. The van der Waals surface area contributed by atoms with Crippen LogP contribution < -0.4 is 0 Å². The summed E-state index contributed by atoms with van der Waals surface area (Å²) < 4.78 is 3.69. The molecule has 14 heavy (non-hydrogen) atoms. The molecule has 0 saturated heterocycles. The molecule has 0 amide bonds. The molecule has 0 atom stereocenters. The predicted octanol–water partition coefficient (Wildman–Crippen LogP) is 0.601. The molecule has 0 N–H and O–H groups in total. The zero-order chi connectivity index (χ0) is 10.8. The van der Waals surface area contributed by atoms with Gasteiger partial charge in [-0.3, -0.25) is 0 Å². The van der Waals surface area contributed by atoms with E-state index < -0.39 is 12.8 Å². The zero-order valence-electron chi connectivity index (χ0n) is 7.44. The molecule has 0 bridgehead atoms. The van der Waals surface area contributed by atoms with Gasteiger partial charge >= 0.3 is 41.5 Å². The first-order valence-electron chi connectivity index (χ1n) is 3.55. The Morgan fingerprint density at radius 3 is 1.86 bits per heavy atom. The molecule has 72 valence electrons. The second-order valence-corrected chi connectivity index (χ2v) is 3.84. The van der Waals surface area contributed by atoms with Crippen molar-refractivity contribution in [1.29, 1.82) is 0 Å². The SMILES string of the molecule is Cc1[c-]cccc1.O=[C]=[Cr](=[C]=O)=[C]=O. The van der Waals surface area contributed by atoms with Gasteiger partial charge in [-0.05, 0) is 0 Å². The van der Waals surface area contributed by atoms with Gasteiger partial charge in [0.15, 0.2) is 0 Å². The number of hydrogen-bond acceptors (Lipinski definition) is 3. The first-order valence-corrected chi connectivity index (χ1v) is 5.46. The van der Waals surface area contributed by atoms with Gasteiger partial charge in [0.05, 0.1) is 0 Å². The van der Waals surface area contributed by atoms with E-state index in [0.29, 0.717) is 0 Å². The number of carbonyl (C=O) groups excluding carboxylic acids is 3. The van der Waals surface area contributed by atoms with E-state index in [1.807, 2.05) is 31.2 Å². The summed E-state index contributed by atoms with van der Waals surface area (Å²) >= 11 is -2.47. The Morgan fingerprint density at radius 1 is 1.14 bits per heavy atom. The summed E-state index contributed by atoms with van der Waals surface area (Å²) in [5.41, 5.74) is 1.20. The van der Waals surface area contributed by atoms with Gasteiger partial charge in [0.1, 0.15) is 0 Å². The zero-order valence-corrected chi connectivity index (χ0v) is 8.72. The van der Waals surface area contributed by atoms with E-state index in [2.05, 4.69) is 6.07 Å². The average molecular weight is 227 g/mol. The molecule has 0 aliphatic carbocycles. The van der Waals surface area contributed by atoms with Crippen LogP contribution in [0.4, 0.5) is 0 Å². The molecule has 0 aliphatic heterocycles. The standard InChI is InChI=1S/C7H7.3CO.Cr/c1-7-5-3-2-4-6-7;3*1-2;/h2-5H,1H3;;;;/q-1;;;;. The molecule has 1 rings (SSSR count). The molecule has 0 aliphatic rings. The van der Waals surface area contributed by atoms with E-state index in [9.17, 15) is 14.4 Å². The van der Waals surface area contributed by atoms with E-state index in [-0.39, 0.29) is 0 Å². The van der Waals surface area contributed by atoms with Crippen molar-refractivity contribution < 1.29 is 27.2 Å². The van der Waals surface area contributed by atoms with Crippen molar-refractivity contribution in [2.45, 2.75) is 6.92 Å². The molecule has 4 heteroatoms. The van der Waals surface area contributed by atoms with E-state index in [4.69, 9.17) is 0 Å². The fourth-order valence-corrected chi connectivity index (χ4v) is 0.694. The first kappa shape index (κ1) is 12.5. The molecule has 0 unspecified atom stereocenters. The van der Waals surface area contributed by atoms with Crippen molar-refractivity contribution in [2.24, 2.45) is 0 Å². The Balaban J connectivity index is 0.000000241. The van der Waals surface area contributed by atoms with Gasteiger partial charge in [-0.1, -0.05) is 6.92 Å². The summed E-state index contributed by atoms with van der Waals surface area (Å²) in [5, 5.41) is 0. The van der Waals surface area contributed by atoms with Crippen LogP contribution in [0.1, 0.15) is 5.56 Å². The van der Waals surface area contributed by atoms with Gasteiger partial charge in [0, 0.05) is 0 Å². The van der Waals surface area contributed by atoms with E-state index >= 15 is 0 Å². The molecule has 1 aromatic rings. The summed E-state index contributed by atoms with van der Waals surface area (Å²) in [5.74, 6) is 0. The van der Waals surface area contributed by atoms with E-state index in [1.54, 1.807) is 0 Å². The van der Waals surface area contributed by atoms with E-state index in [0.717, 1.165) is 0 Å². The number of rotatable bonds is 0. The molecule has 0 aromatic heterocycles. The van der Waals surface area contributed by atoms with Gasteiger partial charge in [-0.2, -0.15) is 35.9 Å². The van der Waals surface area contributed by atoms with Gasteiger partial charge < -0.3 is 0 Å². The first-order chi connectivity index (χ1) is 6.74. The van der Waals surface area contributed by atoms with Crippen molar-refractivity contribution in [1.82, 2.24) is 0 Å². The minimum absolute atomic E-state index is 1.20. The summed E-state index contributed by atoms with van der Waals surface area (Å²) in [7, 11) is 0. The molecule has 0 radical (unpaired) electrons. The monoisotopic (exact) mass is 227 g/mol. The van der Waals surface area contributed by atoms with Crippen LogP contribution >= 0.6 is 0 Å². The van der Waals surface area contributed by atoms with Crippen LogP contribution in [-0.2, 0) is 27.2 Å². The average Bonchev–Trinajstić information content (AvgIpc) is 2.22. The van der Waals surface area contributed by atoms with Crippen molar-refractivity contribution in [2.75, 3.05) is 0 Å². The summed E-state index contributed by atoms with van der Waals surface area (Å²) in [4.78, 5) is 28.1. The molecular formula is C10H7CrO3-. The Hall–Kier alpha value is -1.51. The minimum atomic E-state index is -2.47. The number of benzene rings is 1. The fourth-order valence-electron chi connectivity index (χ4n) is 0.534.